The lowest BCUT2D eigenvalue weighted by molar-refractivity contribution is 0.0951. The molecule has 3 rings (SSSR count). The van der Waals surface area contributed by atoms with Crippen molar-refractivity contribution in [3.8, 4) is 11.5 Å². The van der Waals surface area contributed by atoms with Crippen molar-refractivity contribution in [2.24, 2.45) is 0 Å². The molecule has 0 aliphatic carbocycles. The van der Waals surface area contributed by atoms with Crippen LogP contribution in [0.25, 0.3) is 0 Å². The zero-order valence-electron chi connectivity index (χ0n) is 15.2. The van der Waals surface area contributed by atoms with Gasteiger partial charge in [0.05, 0.1) is 0 Å². The van der Waals surface area contributed by atoms with Gasteiger partial charge in [-0.25, -0.2) is 0 Å². The smallest absolute Gasteiger partial charge is 0.251 e. The number of nitrogens with one attached hydrogen (secondary N) is 1. The predicted molar refractivity (Wildman–Crippen MR) is 110 cm³/mol. The second kappa shape index (κ2) is 9.98. The lowest BCUT2D eigenvalue weighted by Crippen LogP contribution is -2.33. The fourth-order valence-electron chi connectivity index (χ4n) is 3.19. The first-order valence-corrected chi connectivity index (χ1v) is 10.1. The Bertz CT molecular complexity index is 739. The maximum Gasteiger partial charge on any atom is 0.251 e. The first kappa shape index (κ1) is 20.0. The van der Waals surface area contributed by atoms with Crippen molar-refractivity contribution < 1.29 is 9.53 Å². The quantitative estimate of drug-likeness (QED) is 0.626. The molecule has 0 bridgehead atoms. The molecule has 0 atom stereocenters. The highest BCUT2D eigenvalue weighted by Crippen LogP contribution is 2.28. The Labute approximate surface area is 170 Å². The molecule has 1 saturated heterocycles. The van der Waals surface area contributed by atoms with Gasteiger partial charge in [-0.2, -0.15) is 0 Å². The molecule has 1 fully saturated rings. The lowest BCUT2D eigenvalue weighted by Gasteiger charge is -2.26. The molecule has 2 aromatic rings. The zero-order valence-corrected chi connectivity index (χ0v) is 16.7. The van der Waals surface area contributed by atoms with E-state index in [2.05, 4.69) is 10.2 Å². The largest absolute Gasteiger partial charge is 0.457 e. The van der Waals surface area contributed by atoms with Crippen LogP contribution in [0.3, 0.4) is 0 Å². The van der Waals surface area contributed by atoms with Crippen molar-refractivity contribution in [1.82, 2.24) is 10.2 Å². The van der Waals surface area contributed by atoms with Crippen molar-refractivity contribution in [3.05, 3.63) is 58.1 Å². The summed E-state index contributed by atoms with van der Waals surface area (Å²) >= 11 is 11.9. The average molecular weight is 407 g/mol. The van der Waals surface area contributed by atoms with Gasteiger partial charge in [0.15, 0.2) is 0 Å². The average Bonchev–Trinajstić information content (AvgIpc) is 2.66. The van der Waals surface area contributed by atoms with E-state index in [-0.39, 0.29) is 5.91 Å². The maximum atomic E-state index is 12.3. The van der Waals surface area contributed by atoms with Gasteiger partial charge in [0, 0.05) is 22.2 Å². The number of benzene rings is 2. The molecule has 0 aromatic heterocycles. The Morgan fingerprint density at radius 3 is 2.30 bits per heavy atom. The van der Waals surface area contributed by atoms with E-state index in [1.54, 1.807) is 42.5 Å². The number of amides is 1. The van der Waals surface area contributed by atoms with Gasteiger partial charge in [0.2, 0.25) is 0 Å². The highest BCUT2D eigenvalue weighted by molar-refractivity contribution is 6.34. The number of carbonyl (C=O) groups is 1. The van der Waals surface area contributed by atoms with E-state index in [9.17, 15) is 4.79 Å². The van der Waals surface area contributed by atoms with E-state index < -0.39 is 0 Å². The first-order chi connectivity index (χ1) is 13.1. The maximum absolute atomic E-state index is 12.3. The number of hydrogen-bond acceptors (Lipinski definition) is 3. The first-order valence-electron chi connectivity index (χ1n) is 9.35. The second-order valence-electron chi connectivity index (χ2n) is 6.74. The van der Waals surface area contributed by atoms with Crippen LogP contribution in [-0.2, 0) is 0 Å². The van der Waals surface area contributed by atoms with E-state index in [1.165, 1.54) is 32.4 Å². The Balaban J connectivity index is 1.45. The number of ether oxygens (including phenoxy) is 1. The summed E-state index contributed by atoms with van der Waals surface area (Å²) in [5.74, 6) is 1.11. The number of halogens is 2. The van der Waals surface area contributed by atoms with Crippen molar-refractivity contribution in [1.29, 1.82) is 0 Å². The summed E-state index contributed by atoms with van der Waals surface area (Å²) in [5, 5.41) is 4.01. The van der Waals surface area contributed by atoms with Gasteiger partial charge in [-0.3, -0.25) is 4.79 Å². The van der Waals surface area contributed by atoms with Gasteiger partial charge in [-0.05, 0) is 81.4 Å². The number of piperidine rings is 1. The molecule has 6 heteroatoms. The third-order valence-electron chi connectivity index (χ3n) is 4.57. The van der Waals surface area contributed by atoms with Gasteiger partial charge < -0.3 is 15.0 Å². The summed E-state index contributed by atoms with van der Waals surface area (Å²) in [6, 6.07) is 12.1. The molecule has 1 N–H and O–H groups in total. The number of hydrogen-bond donors (Lipinski definition) is 1. The number of carbonyl (C=O) groups excluding carboxylic acids is 1. The summed E-state index contributed by atoms with van der Waals surface area (Å²) < 4.78 is 5.73. The van der Waals surface area contributed by atoms with Crippen LogP contribution >= 0.6 is 23.2 Å². The Hall–Kier alpha value is -1.75. The number of likely N-dealkylation sites (tertiary alicyclic amines) is 1. The van der Waals surface area contributed by atoms with Crippen LogP contribution in [-0.4, -0.2) is 37.0 Å². The van der Waals surface area contributed by atoms with E-state index in [0.717, 1.165) is 13.0 Å². The third kappa shape index (κ3) is 6.42. The summed E-state index contributed by atoms with van der Waals surface area (Å²) in [5.41, 5.74) is 0.615. The Morgan fingerprint density at radius 1 is 0.963 bits per heavy atom. The van der Waals surface area contributed by atoms with E-state index in [1.807, 2.05) is 0 Å². The summed E-state index contributed by atoms with van der Waals surface area (Å²) in [6.07, 6.45) is 4.91. The zero-order chi connectivity index (χ0) is 19.1. The van der Waals surface area contributed by atoms with Crippen LogP contribution in [0.4, 0.5) is 0 Å². The molecule has 2 aromatic carbocycles. The van der Waals surface area contributed by atoms with Crippen LogP contribution in [0.1, 0.15) is 36.0 Å². The molecule has 1 heterocycles. The van der Waals surface area contributed by atoms with Gasteiger partial charge >= 0.3 is 0 Å². The molecule has 0 unspecified atom stereocenters. The van der Waals surface area contributed by atoms with Crippen LogP contribution in [0, 0.1) is 0 Å². The molecule has 1 aliphatic heterocycles. The molecular formula is C21H24Cl2N2O2. The summed E-state index contributed by atoms with van der Waals surface area (Å²) in [7, 11) is 0. The third-order valence-corrected chi connectivity index (χ3v) is 5.01. The van der Waals surface area contributed by atoms with Crippen LogP contribution in [0.2, 0.25) is 10.0 Å². The summed E-state index contributed by atoms with van der Waals surface area (Å²) in [6.45, 7) is 4.12. The lowest BCUT2D eigenvalue weighted by atomic mass is 10.1. The molecule has 27 heavy (non-hydrogen) atoms. The number of nitrogens with zero attached hydrogens (tertiary/aromatic N) is 1. The Morgan fingerprint density at radius 2 is 1.63 bits per heavy atom. The van der Waals surface area contributed by atoms with E-state index in [4.69, 9.17) is 27.9 Å². The monoisotopic (exact) mass is 406 g/mol. The molecule has 4 nitrogen and oxygen atoms in total. The minimum atomic E-state index is -0.0639. The van der Waals surface area contributed by atoms with Gasteiger partial charge in [-0.1, -0.05) is 29.6 Å². The van der Waals surface area contributed by atoms with E-state index >= 15 is 0 Å². The van der Waals surface area contributed by atoms with Crippen LogP contribution in [0.5, 0.6) is 11.5 Å². The van der Waals surface area contributed by atoms with Crippen molar-refractivity contribution in [3.63, 3.8) is 0 Å². The van der Waals surface area contributed by atoms with Crippen molar-refractivity contribution >= 4 is 29.1 Å². The molecule has 0 spiro atoms. The normalized spacial score (nSPS) is 14.7. The van der Waals surface area contributed by atoms with Crippen LogP contribution < -0.4 is 10.1 Å². The molecule has 0 saturated carbocycles. The fraction of sp³-hybridized carbons (Fsp3) is 0.381. The van der Waals surface area contributed by atoms with E-state index in [0.29, 0.717) is 33.7 Å². The molecule has 144 valence electrons. The SMILES string of the molecule is O=C(NCCCN1CCCCC1)c1ccc(Oc2cc(Cl)cc(Cl)c2)cc1. The molecular weight excluding hydrogens is 383 g/mol. The van der Waals surface area contributed by atoms with Gasteiger partial charge in [0.25, 0.3) is 5.91 Å². The topological polar surface area (TPSA) is 41.6 Å². The second-order valence-corrected chi connectivity index (χ2v) is 7.62. The van der Waals surface area contributed by atoms with Crippen molar-refractivity contribution in [2.45, 2.75) is 25.7 Å². The van der Waals surface area contributed by atoms with Crippen LogP contribution in [0.15, 0.2) is 42.5 Å². The highest BCUT2D eigenvalue weighted by Gasteiger charge is 2.10. The fourth-order valence-corrected chi connectivity index (χ4v) is 3.69. The predicted octanol–water partition coefficient (Wildman–Crippen LogP) is 5.39. The molecule has 1 amide bonds. The minimum Gasteiger partial charge on any atom is -0.457 e. The standard InChI is InChI=1S/C21H24Cl2N2O2/c22-17-13-18(23)15-20(14-17)27-19-7-5-16(6-8-19)21(26)24-9-4-12-25-10-2-1-3-11-25/h5-8,13-15H,1-4,9-12H2,(H,24,26). The molecule has 1 aliphatic rings. The van der Waals surface area contributed by atoms with Gasteiger partial charge in [0.1, 0.15) is 11.5 Å². The highest BCUT2D eigenvalue weighted by atomic mass is 35.5. The molecule has 0 radical (unpaired) electrons. The van der Waals surface area contributed by atoms with Gasteiger partial charge in [-0.15, -0.1) is 0 Å². The number of rotatable bonds is 7. The Kier molecular flexibility index (Phi) is 7.39. The summed E-state index contributed by atoms with van der Waals surface area (Å²) in [4.78, 5) is 14.7. The van der Waals surface area contributed by atoms with Crippen molar-refractivity contribution in [2.75, 3.05) is 26.2 Å². The minimum absolute atomic E-state index is 0.0639.